The molecule has 0 aromatic heterocycles. The summed E-state index contributed by atoms with van der Waals surface area (Å²) in [6.07, 6.45) is 21.5. The topological polar surface area (TPSA) is 52.6 Å². The Morgan fingerprint density at radius 2 is 1.38 bits per heavy atom. The van der Waals surface area contributed by atoms with Crippen LogP contribution in [-0.2, 0) is 19.1 Å². The summed E-state index contributed by atoms with van der Waals surface area (Å²) in [4.78, 5) is 23.2. The van der Waals surface area contributed by atoms with Crippen LogP contribution in [0, 0.1) is 23.7 Å². The van der Waals surface area contributed by atoms with E-state index >= 15 is 0 Å². The molecule has 2 aliphatic rings. The number of hydrogen-bond donors (Lipinski definition) is 0. The standard InChI is InChI=1S/C22H24O4/c23-21(19-13-7-8-14-19)25-17-11-5-3-1-2-4-6-12-18-26-22(24)20-15-9-10-16-20/h1,3,7-10,13-16,19-20H,5-6,11-12,17-18H2/b3-1+. The van der Waals surface area contributed by atoms with Gasteiger partial charge in [-0.3, -0.25) is 9.59 Å². The minimum absolute atomic E-state index is 0.195. The molecule has 0 fully saturated rings. The lowest BCUT2D eigenvalue weighted by Gasteiger charge is -2.06. The Morgan fingerprint density at radius 1 is 0.846 bits per heavy atom. The zero-order valence-corrected chi connectivity index (χ0v) is 14.8. The molecule has 0 aromatic rings. The van der Waals surface area contributed by atoms with E-state index in [0.29, 0.717) is 19.6 Å². The SMILES string of the molecule is O=C(OCCCC#C/C=C/CCCOC(=O)C1C=CC=C1)C1C=CC=C1. The molecule has 136 valence electrons. The lowest BCUT2D eigenvalue weighted by atomic mass is 10.2. The van der Waals surface area contributed by atoms with Crippen LogP contribution in [0.2, 0.25) is 0 Å². The minimum atomic E-state index is -0.227. The quantitative estimate of drug-likeness (QED) is 0.361. The fraction of sp³-hybridized carbons (Fsp3) is 0.364. The third kappa shape index (κ3) is 7.40. The largest absolute Gasteiger partial charge is 0.465 e. The van der Waals surface area contributed by atoms with Gasteiger partial charge in [-0.2, -0.15) is 0 Å². The first kappa shape index (κ1) is 19.5. The van der Waals surface area contributed by atoms with Crippen LogP contribution in [0.15, 0.2) is 60.8 Å². The maximum absolute atomic E-state index is 11.6. The van der Waals surface area contributed by atoms with Crippen LogP contribution in [0.5, 0.6) is 0 Å². The van der Waals surface area contributed by atoms with Crippen molar-refractivity contribution in [3.63, 3.8) is 0 Å². The summed E-state index contributed by atoms with van der Waals surface area (Å²) in [5, 5.41) is 0. The van der Waals surface area contributed by atoms with Gasteiger partial charge in [0.05, 0.1) is 25.0 Å². The zero-order chi connectivity index (χ0) is 18.5. The number of allylic oxidation sites excluding steroid dienone is 6. The molecule has 26 heavy (non-hydrogen) atoms. The summed E-state index contributed by atoms with van der Waals surface area (Å²) in [5.41, 5.74) is 0. The van der Waals surface area contributed by atoms with Crippen molar-refractivity contribution >= 4 is 11.9 Å². The number of esters is 2. The third-order valence-corrected chi connectivity index (χ3v) is 3.79. The molecule has 0 aromatic carbocycles. The summed E-state index contributed by atoms with van der Waals surface area (Å²) in [7, 11) is 0. The molecule has 0 heterocycles. The molecular weight excluding hydrogens is 328 g/mol. The van der Waals surface area contributed by atoms with E-state index in [1.54, 1.807) is 0 Å². The van der Waals surface area contributed by atoms with Gasteiger partial charge in [-0.1, -0.05) is 66.5 Å². The smallest absolute Gasteiger partial charge is 0.316 e. The summed E-state index contributed by atoms with van der Waals surface area (Å²) in [5.74, 6) is 5.12. The fourth-order valence-electron chi connectivity index (χ4n) is 2.35. The predicted molar refractivity (Wildman–Crippen MR) is 101 cm³/mol. The van der Waals surface area contributed by atoms with E-state index in [1.807, 2.05) is 60.8 Å². The highest BCUT2D eigenvalue weighted by atomic mass is 16.5. The normalized spacial score (nSPS) is 15.5. The second-order valence-corrected chi connectivity index (χ2v) is 5.90. The van der Waals surface area contributed by atoms with Crippen LogP contribution >= 0.6 is 0 Å². The molecule has 4 heteroatoms. The molecule has 0 N–H and O–H groups in total. The first-order chi connectivity index (χ1) is 12.8. The average Bonchev–Trinajstić information content (AvgIpc) is 3.35. The highest BCUT2D eigenvalue weighted by molar-refractivity contribution is 5.78. The molecule has 0 aliphatic heterocycles. The molecule has 0 radical (unpaired) electrons. The zero-order valence-electron chi connectivity index (χ0n) is 14.8. The maximum atomic E-state index is 11.6. The van der Waals surface area contributed by atoms with Crippen LogP contribution in [0.25, 0.3) is 0 Å². The maximum Gasteiger partial charge on any atom is 0.316 e. The summed E-state index contributed by atoms with van der Waals surface area (Å²) < 4.78 is 10.4. The van der Waals surface area contributed by atoms with Gasteiger partial charge in [-0.05, 0) is 25.3 Å². The number of unbranched alkanes of at least 4 members (excludes halogenated alkanes) is 2. The van der Waals surface area contributed by atoms with Crippen molar-refractivity contribution in [2.24, 2.45) is 11.8 Å². The van der Waals surface area contributed by atoms with E-state index in [9.17, 15) is 9.59 Å². The Hall–Kier alpha value is -2.80. The Balaban J connectivity index is 1.43. The second kappa shape index (κ2) is 11.7. The van der Waals surface area contributed by atoms with Crippen molar-refractivity contribution in [1.29, 1.82) is 0 Å². The Bertz CT molecular complexity index is 659. The number of carbonyl (C=O) groups excluding carboxylic acids is 2. The molecule has 0 atom stereocenters. The Labute approximate surface area is 154 Å². The van der Waals surface area contributed by atoms with Crippen LogP contribution < -0.4 is 0 Å². The predicted octanol–water partition coefficient (Wildman–Crippen LogP) is 3.68. The van der Waals surface area contributed by atoms with Crippen molar-refractivity contribution in [3.05, 3.63) is 60.8 Å². The van der Waals surface area contributed by atoms with E-state index in [4.69, 9.17) is 9.47 Å². The first-order valence-electron chi connectivity index (χ1n) is 8.94. The summed E-state index contributed by atoms with van der Waals surface area (Å²) in [6, 6.07) is 0. The number of carbonyl (C=O) groups is 2. The highest BCUT2D eigenvalue weighted by Gasteiger charge is 2.15. The molecule has 0 bridgehead atoms. The summed E-state index contributed by atoms with van der Waals surface area (Å²) >= 11 is 0. The summed E-state index contributed by atoms with van der Waals surface area (Å²) in [6.45, 7) is 0.817. The highest BCUT2D eigenvalue weighted by Crippen LogP contribution is 2.11. The average molecular weight is 352 g/mol. The minimum Gasteiger partial charge on any atom is -0.465 e. The van der Waals surface area contributed by atoms with Gasteiger partial charge in [0.2, 0.25) is 0 Å². The van der Waals surface area contributed by atoms with E-state index in [-0.39, 0.29) is 23.8 Å². The van der Waals surface area contributed by atoms with E-state index < -0.39 is 0 Å². The van der Waals surface area contributed by atoms with Crippen LogP contribution in [0.1, 0.15) is 25.7 Å². The molecule has 4 nitrogen and oxygen atoms in total. The molecule has 0 amide bonds. The van der Waals surface area contributed by atoms with Gasteiger partial charge in [0.25, 0.3) is 0 Å². The van der Waals surface area contributed by atoms with Crippen molar-refractivity contribution in [2.45, 2.75) is 25.7 Å². The molecule has 0 saturated carbocycles. The molecule has 0 spiro atoms. The lowest BCUT2D eigenvalue weighted by molar-refractivity contribution is -0.146. The van der Waals surface area contributed by atoms with Gasteiger partial charge in [0.15, 0.2) is 0 Å². The second-order valence-electron chi connectivity index (χ2n) is 5.90. The first-order valence-corrected chi connectivity index (χ1v) is 8.94. The fourth-order valence-corrected chi connectivity index (χ4v) is 2.35. The van der Waals surface area contributed by atoms with Crippen molar-refractivity contribution < 1.29 is 19.1 Å². The van der Waals surface area contributed by atoms with Crippen LogP contribution in [-0.4, -0.2) is 25.2 Å². The van der Waals surface area contributed by atoms with Crippen molar-refractivity contribution in [1.82, 2.24) is 0 Å². The van der Waals surface area contributed by atoms with Crippen LogP contribution in [0.4, 0.5) is 0 Å². The number of hydrogen-bond acceptors (Lipinski definition) is 4. The third-order valence-electron chi connectivity index (χ3n) is 3.79. The Morgan fingerprint density at radius 3 is 1.96 bits per heavy atom. The van der Waals surface area contributed by atoms with Gasteiger partial charge in [-0.25, -0.2) is 0 Å². The number of rotatable bonds is 9. The van der Waals surface area contributed by atoms with Gasteiger partial charge in [-0.15, -0.1) is 0 Å². The molecular formula is C22H24O4. The van der Waals surface area contributed by atoms with Crippen molar-refractivity contribution in [2.75, 3.05) is 13.2 Å². The van der Waals surface area contributed by atoms with Crippen LogP contribution in [0.3, 0.4) is 0 Å². The van der Waals surface area contributed by atoms with Gasteiger partial charge in [0, 0.05) is 6.42 Å². The van der Waals surface area contributed by atoms with Gasteiger partial charge < -0.3 is 9.47 Å². The van der Waals surface area contributed by atoms with Crippen molar-refractivity contribution in [3.8, 4) is 11.8 Å². The number of ether oxygens (including phenoxy) is 2. The molecule has 2 rings (SSSR count). The molecule has 0 saturated heterocycles. The Kier molecular flexibility index (Phi) is 8.79. The van der Waals surface area contributed by atoms with Gasteiger partial charge in [0.1, 0.15) is 0 Å². The molecule has 0 unspecified atom stereocenters. The van der Waals surface area contributed by atoms with E-state index in [0.717, 1.165) is 19.3 Å². The van der Waals surface area contributed by atoms with Gasteiger partial charge >= 0.3 is 11.9 Å². The van der Waals surface area contributed by atoms with E-state index in [1.165, 1.54) is 0 Å². The monoisotopic (exact) mass is 352 g/mol. The van der Waals surface area contributed by atoms with E-state index in [2.05, 4.69) is 11.8 Å². The lowest BCUT2D eigenvalue weighted by Crippen LogP contribution is -2.13. The molecule has 2 aliphatic carbocycles.